The molecule has 1 saturated heterocycles. The maximum Gasteiger partial charge on any atom is 0.332 e. The van der Waals surface area contributed by atoms with Gasteiger partial charge < -0.3 is 15.0 Å². The number of methoxy groups -OCH3 is 1. The maximum atomic E-state index is 13.3. The molecule has 1 aliphatic heterocycles. The highest BCUT2D eigenvalue weighted by atomic mass is 32.1. The molecule has 1 aromatic heterocycles. The first-order valence-corrected chi connectivity index (χ1v) is 10.7. The first kappa shape index (κ1) is 21.5. The number of ether oxygens (including phenoxy) is 1. The smallest absolute Gasteiger partial charge is 0.332 e. The molecule has 0 radical (unpaired) electrons. The summed E-state index contributed by atoms with van der Waals surface area (Å²) in [7, 11) is 1.50. The summed E-state index contributed by atoms with van der Waals surface area (Å²) >= 11 is 1.46. The van der Waals surface area contributed by atoms with E-state index in [1.165, 1.54) is 47.6 Å². The number of imide groups is 1. The second-order valence-corrected chi connectivity index (χ2v) is 8.17. The van der Waals surface area contributed by atoms with Gasteiger partial charge in [-0.3, -0.25) is 9.59 Å². The van der Waals surface area contributed by atoms with Gasteiger partial charge in [0.15, 0.2) is 0 Å². The van der Waals surface area contributed by atoms with Gasteiger partial charge in [-0.25, -0.2) is 14.1 Å². The zero-order chi connectivity index (χ0) is 22.7. The third-order valence-electron chi connectivity index (χ3n) is 5.04. The van der Waals surface area contributed by atoms with Crippen molar-refractivity contribution < 1.29 is 23.5 Å². The highest BCUT2D eigenvalue weighted by Crippen LogP contribution is 2.31. The lowest BCUT2D eigenvalue weighted by molar-refractivity contribution is -0.124. The van der Waals surface area contributed by atoms with Crippen LogP contribution in [0.4, 0.5) is 20.6 Å². The summed E-state index contributed by atoms with van der Waals surface area (Å²) in [6.45, 7) is 0.206. The van der Waals surface area contributed by atoms with Crippen molar-refractivity contribution in [3.05, 3.63) is 76.7 Å². The third kappa shape index (κ3) is 4.47. The van der Waals surface area contributed by atoms with Crippen molar-refractivity contribution in [2.45, 2.75) is 19.0 Å². The molecule has 2 heterocycles. The molecule has 7 nitrogen and oxygen atoms in total. The van der Waals surface area contributed by atoms with Crippen LogP contribution in [0.25, 0.3) is 0 Å². The lowest BCUT2D eigenvalue weighted by Gasteiger charge is -2.21. The fraction of sp³-hybridized carbons (Fsp3) is 0.174. The van der Waals surface area contributed by atoms with Crippen molar-refractivity contribution in [1.82, 2.24) is 4.90 Å². The number of nitrogens with zero attached hydrogens (tertiary/aromatic N) is 2. The predicted octanol–water partition coefficient (Wildman–Crippen LogP) is 4.26. The van der Waals surface area contributed by atoms with E-state index in [1.807, 2.05) is 17.5 Å². The SMILES string of the molecule is COc1cccc(N2C(=O)[C@H](CC(=O)Nc3ccc(F)cc3)N(Cc3cccs3)C2=O)c1. The first-order chi connectivity index (χ1) is 15.5. The van der Waals surface area contributed by atoms with Gasteiger partial charge in [-0.1, -0.05) is 12.1 Å². The van der Waals surface area contributed by atoms with E-state index in [-0.39, 0.29) is 13.0 Å². The van der Waals surface area contributed by atoms with Crippen LogP contribution < -0.4 is 15.0 Å². The van der Waals surface area contributed by atoms with E-state index in [9.17, 15) is 18.8 Å². The molecule has 1 N–H and O–H groups in total. The van der Waals surface area contributed by atoms with Gasteiger partial charge >= 0.3 is 6.03 Å². The average molecular weight is 453 g/mol. The minimum absolute atomic E-state index is 0.206. The van der Waals surface area contributed by atoms with E-state index >= 15 is 0 Å². The van der Waals surface area contributed by atoms with Crippen LogP contribution in [0.5, 0.6) is 5.75 Å². The topological polar surface area (TPSA) is 79.0 Å². The number of halogens is 1. The van der Waals surface area contributed by atoms with E-state index in [2.05, 4.69) is 5.32 Å². The Kier molecular flexibility index (Phi) is 6.18. The Balaban J connectivity index is 1.59. The molecule has 3 aromatic rings. The normalized spacial score (nSPS) is 15.9. The molecule has 1 aliphatic rings. The lowest BCUT2D eigenvalue weighted by Crippen LogP contribution is -2.37. The molecule has 0 unspecified atom stereocenters. The summed E-state index contributed by atoms with van der Waals surface area (Å²) in [5.41, 5.74) is 0.777. The summed E-state index contributed by atoms with van der Waals surface area (Å²) in [4.78, 5) is 42.6. The number of hydrogen-bond donors (Lipinski definition) is 1. The Morgan fingerprint density at radius 1 is 1.12 bits per heavy atom. The van der Waals surface area contributed by atoms with Gasteiger partial charge in [0.1, 0.15) is 17.6 Å². The van der Waals surface area contributed by atoms with Crippen molar-refractivity contribution in [2.24, 2.45) is 0 Å². The average Bonchev–Trinajstić information content (AvgIpc) is 3.38. The number of anilines is 2. The minimum atomic E-state index is -0.976. The number of rotatable bonds is 7. The van der Waals surface area contributed by atoms with Crippen LogP contribution >= 0.6 is 11.3 Å². The highest BCUT2D eigenvalue weighted by Gasteiger charge is 2.46. The Labute approximate surface area is 188 Å². The van der Waals surface area contributed by atoms with Gasteiger partial charge in [0.05, 0.1) is 25.8 Å². The molecule has 4 rings (SSSR count). The number of hydrogen-bond acceptors (Lipinski definition) is 5. The zero-order valence-corrected chi connectivity index (χ0v) is 18.0. The quantitative estimate of drug-likeness (QED) is 0.542. The van der Waals surface area contributed by atoms with Crippen molar-refractivity contribution in [1.29, 1.82) is 0 Å². The summed E-state index contributed by atoms with van der Waals surface area (Å²) < 4.78 is 18.3. The monoisotopic (exact) mass is 453 g/mol. The number of thiophene rings is 1. The van der Waals surface area contributed by atoms with Crippen LogP contribution in [-0.2, 0) is 16.1 Å². The van der Waals surface area contributed by atoms with Crippen molar-refractivity contribution in [3.63, 3.8) is 0 Å². The highest BCUT2D eigenvalue weighted by molar-refractivity contribution is 7.09. The van der Waals surface area contributed by atoms with Gasteiger partial charge in [0.2, 0.25) is 5.91 Å². The molecule has 1 atom stereocenters. The number of benzene rings is 2. The standard InChI is InChI=1S/C23H20FN3O4S/c1-31-18-5-2-4-17(12-18)27-22(29)20(26(23(27)30)14-19-6-3-11-32-19)13-21(28)25-16-9-7-15(24)8-10-16/h2-12,20H,13-14H2,1H3,(H,25,28)/t20-/m0/s1. The van der Waals surface area contributed by atoms with Crippen molar-refractivity contribution >= 4 is 40.6 Å². The van der Waals surface area contributed by atoms with Crippen molar-refractivity contribution in [2.75, 3.05) is 17.3 Å². The second kappa shape index (κ2) is 9.19. The van der Waals surface area contributed by atoms with Gasteiger partial charge in [-0.2, -0.15) is 0 Å². The van der Waals surface area contributed by atoms with Gasteiger partial charge in [-0.15, -0.1) is 11.3 Å². The molecule has 0 bridgehead atoms. The van der Waals surface area contributed by atoms with Crippen LogP contribution in [0.2, 0.25) is 0 Å². The first-order valence-electron chi connectivity index (χ1n) is 9.82. The van der Waals surface area contributed by atoms with E-state index < -0.39 is 29.7 Å². The van der Waals surface area contributed by atoms with Gasteiger partial charge in [-0.05, 0) is 47.8 Å². The van der Waals surface area contributed by atoms with Crippen LogP contribution in [0, 0.1) is 5.82 Å². The summed E-state index contributed by atoms with van der Waals surface area (Å²) in [5.74, 6) is -0.860. The number of carbonyl (C=O) groups is 3. The molecule has 32 heavy (non-hydrogen) atoms. The second-order valence-electron chi connectivity index (χ2n) is 7.14. The molecule has 0 spiro atoms. The molecule has 1 fully saturated rings. The molecule has 0 aliphatic carbocycles. The Bertz CT molecular complexity index is 1130. The lowest BCUT2D eigenvalue weighted by atomic mass is 10.1. The molecular weight excluding hydrogens is 433 g/mol. The summed E-state index contributed by atoms with van der Waals surface area (Å²) in [6.07, 6.45) is -0.228. The summed E-state index contributed by atoms with van der Waals surface area (Å²) in [5, 5.41) is 4.53. The maximum absolute atomic E-state index is 13.3. The van der Waals surface area contributed by atoms with Gasteiger partial charge in [0, 0.05) is 16.6 Å². The molecular formula is C23H20FN3O4S. The molecule has 2 aromatic carbocycles. The Hall–Kier alpha value is -3.72. The largest absolute Gasteiger partial charge is 0.497 e. The number of urea groups is 1. The number of nitrogens with one attached hydrogen (secondary N) is 1. The number of carbonyl (C=O) groups excluding carboxylic acids is 3. The molecule has 4 amide bonds. The summed E-state index contributed by atoms with van der Waals surface area (Å²) in [6, 6.07) is 14.2. The van der Waals surface area contributed by atoms with Crippen LogP contribution in [-0.4, -0.2) is 35.9 Å². The van der Waals surface area contributed by atoms with E-state index in [4.69, 9.17) is 4.74 Å². The Morgan fingerprint density at radius 3 is 2.59 bits per heavy atom. The van der Waals surface area contributed by atoms with E-state index in [1.54, 1.807) is 24.3 Å². The van der Waals surface area contributed by atoms with Crippen LogP contribution in [0.1, 0.15) is 11.3 Å². The van der Waals surface area contributed by atoms with E-state index in [0.717, 1.165) is 9.78 Å². The fourth-order valence-electron chi connectivity index (χ4n) is 3.49. The third-order valence-corrected chi connectivity index (χ3v) is 5.90. The molecule has 0 saturated carbocycles. The predicted molar refractivity (Wildman–Crippen MR) is 119 cm³/mol. The fourth-order valence-corrected chi connectivity index (χ4v) is 4.19. The minimum Gasteiger partial charge on any atom is -0.497 e. The van der Waals surface area contributed by atoms with Crippen molar-refractivity contribution in [3.8, 4) is 5.75 Å². The van der Waals surface area contributed by atoms with Gasteiger partial charge in [0.25, 0.3) is 5.91 Å². The van der Waals surface area contributed by atoms with E-state index in [0.29, 0.717) is 17.1 Å². The molecule has 9 heteroatoms. The van der Waals surface area contributed by atoms with Crippen LogP contribution in [0.3, 0.4) is 0 Å². The van der Waals surface area contributed by atoms with Crippen LogP contribution in [0.15, 0.2) is 66.0 Å². The Morgan fingerprint density at radius 2 is 1.91 bits per heavy atom. The number of amides is 4. The molecule has 164 valence electrons. The zero-order valence-electron chi connectivity index (χ0n) is 17.2.